The van der Waals surface area contributed by atoms with E-state index in [9.17, 15) is 9.59 Å². The Kier molecular flexibility index (Phi) is 5.18. The Morgan fingerprint density at radius 2 is 1.70 bits per heavy atom. The molecule has 0 saturated heterocycles. The molecule has 1 N–H and O–H groups in total. The van der Waals surface area contributed by atoms with Gasteiger partial charge in [0.1, 0.15) is 5.82 Å². The van der Waals surface area contributed by atoms with Gasteiger partial charge in [-0.1, -0.05) is 30.3 Å². The second-order valence-electron chi connectivity index (χ2n) is 7.07. The molecule has 2 aromatic carbocycles. The van der Waals surface area contributed by atoms with Crippen molar-refractivity contribution in [3.05, 3.63) is 77.4 Å². The summed E-state index contributed by atoms with van der Waals surface area (Å²) in [5.74, 6) is -0.539. The summed E-state index contributed by atoms with van der Waals surface area (Å²) in [7, 11) is 0. The molecule has 30 heavy (non-hydrogen) atoms. The first-order chi connectivity index (χ1) is 14.5. The van der Waals surface area contributed by atoms with Crippen LogP contribution in [0, 0.1) is 13.8 Å². The Hall–Kier alpha value is -3.74. The van der Waals surface area contributed by atoms with Gasteiger partial charge in [0.15, 0.2) is 0 Å². The molecule has 0 saturated carbocycles. The number of benzene rings is 2. The predicted octanol–water partition coefficient (Wildman–Crippen LogP) is 3.36. The molecule has 0 aliphatic heterocycles. The van der Waals surface area contributed by atoms with Gasteiger partial charge in [-0.3, -0.25) is 9.59 Å². The lowest BCUT2D eigenvalue weighted by Crippen LogP contribution is -2.32. The minimum atomic E-state index is -0.663. The number of nitrogens with zero attached hydrogens (tertiary/aromatic N) is 4. The molecular weight excluding hydrogens is 378 g/mol. The Balaban J connectivity index is 1.55. The Morgan fingerprint density at radius 1 is 1.00 bits per heavy atom. The van der Waals surface area contributed by atoms with Crippen molar-refractivity contribution in [3.63, 3.8) is 0 Å². The zero-order valence-corrected chi connectivity index (χ0v) is 17.2. The number of carbonyl (C=O) groups is 2. The van der Waals surface area contributed by atoms with Gasteiger partial charge in [-0.05, 0) is 45.0 Å². The number of hydrogen-bond acceptors (Lipinski definition) is 4. The van der Waals surface area contributed by atoms with Crippen molar-refractivity contribution in [1.82, 2.24) is 24.6 Å². The van der Waals surface area contributed by atoms with Crippen LogP contribution in [0.25, 0.3) is 16.7 Å². The fourth-order valence-corrected chi connectivity index (χ4v) is 3.76. The third-order valence-corrected chi connectivity index (χ3v) is 5.18. The number of amides is 1. The van der Waals surface area contributed by atoms with Crippen LogP contribution >= 0.6 is 0 Å². The first-order valence-corrected chi connectivity index (χ1v) is 9.89. The average Bonchev–Trinajstić information content (AvgIpc) is 3.28. The molecule has 152 valence electrons. The highest BCUT2D eigenvalue weighted by atomic mass is 16.2. The summed E-state index contributed by atoms with van der Waals surface area (Å²) < 4.78 is 3.72. The Labute approximate surface area is 174 Å². The van der Waals surface area contributed by atoms with Crippen LogP contribution in [0.2, 0.25) is 0 Å². The molecule has 7 heteroatoms. The highest BCUT2D eigenvalue weighted by molar-refractivity contribution is 6.43. The van der Waals surface area contributed by atoms with Crippen LogP contribution in [0.4, 0.5) is 0 Å². The van der Waals surface area contributed by atoms with Crippen LogP contribution in [0.1, 0.15) is 34.5 Å². The van der Waals surface area contributed by atoms with E-state index in [2.05, 4.69) is 15.4 Å². The van der Waals surface area contributed by atoms with E-state index in [1.807, 2.05) is 66.1 Å². The zero-order valence-electron chi connectivity index (χ0n) is 17.2. The number of aryl methyl sites for hydroxylation is 2. The molecule has 1 amide bonds. The van der Waals surface area contributed by atoms with E-state index < -0.39 is 11.7 Å². The normalized spacial score (nSPS) is 11.0. The van der Waals surface area contributed by atoms with Gasteiger partial charge in [-0.15, -0.1) is 0 Å². The molecule has 0 fully saturated rings. The maximum atomic E-state index is 12.9. The highest BCUT2D eigenvalue weighted by Gasteiger charge is 2.25. The number of Topliss-reactive ketones (excluding diaryl/α,β-unsaturated/α-hetero) is 1. The summed E-state index contributed by atoms with van der Waals surface area (Å²) in [4.78, 5) is 30.1. The molecule has 0 unspecified atom stereocenters. The smallest absolute Gasteiger partial charge is 0.292 e. The van der Waals surface area contributed by atoms with E-state index in [0.29, 0.717) is 22.8 Å². The molecule has 0 atom stereocenters. The van der Waals surface area contributed by atoms with Crippen molar-refractivity contribution >= 4 is 22.7 Å². The molecule has 0 spiro atoms. The molecule has 0 aliphatic rings. The highest BCUT2D eigenvalue weighted by Crippen LogP contribution is 2.19. The number of para-hydroxylation sites is 3. The second kappa shape index (κ2) is 7.94. The maximum absolute atomic E-state index is 12.9. The van der Waals surface area contributed by atoms with Gasteiger partial charge in [0.2, 0.25) is 0 Å². The molecule has 4 aromatic rings. The quantitative estimate of drug-likeness (QED) is 0.397. The number of fused-ring (bicyclic) bond motifs is 1. The predicted molar refractivity (Wildman–Crippen MR) is 115 cm³/mol. The summed E-state index contributed by atoms with van der Waals surface area (Å²) in [5, 5.41) is 7.19. The summed E-state index contributed by atoms with van der Waals surface area (Å²) in [6, 6.07) is 17.3. The molecule has 4 rings (SSSR count). The van der Waals surface area contributed by atoms with Crippen LogP contribution in [-0.2, 0) is 17.9 Å². The first kappa shape index (κ1) is 19.6. The monoisotopic (exact) mass is 401 g/mol. The largest absolute Gasteiger partial charge is 0.342 e. The summed E-state index contributed by atoms with van der Waals surface area (Å²) in [6.07, 6.45) is 0. The fraction of sp³-hybridized carbons (Fsp3) is 0.217. The maximum Gasteiger partial charge on any atom is 0.292 e. The Bertz CT molecular complexity index is 1240. The lowest BCUT2D eigenvalue weighted by Gasteiger charge is -2.08. The molecular formula is C23H23N5O2. The minimum absolute atomic E-state index is 0.179. The van der Waals surface area contributed by atoms with Gasteiger partial charge in [-0.2, -0.15) is 5.10 Å². The second-order valence-corrected chi connectivity index (χ2v) is 7.07. The van der Waals surface area contributed by atoms with Crippen molar-refractivity contribution in [1.29, 1.82) is 0 Å². The van der Waals surface area contributed by atoms with Gasteiger partial charge in [-0.25, -0.2) is 9.67 Å². The van der Waals surface area contributed by atoms with Crippen LogP contribution in [-0.4, -0.2) is 31.0 Å². The average molecular weight is 401 g/mol. The van der Waals surface area contributed by atoms with Gasteiger partial charge in [0.05, 0.1) is 40.2 Å². The minimum Gasteiger partial charge on any atom is -0.342 e. The van der Waals surface area contributed by atoms with Crippen LogP contribution in [0.15, 0.2) is 54.6 Å². The number of aromatic nitrogens is 4. The molecule has 2 heterocycles. The van der Waals surface area contributed by atoms with Crippen molar-refractivity contribution in [2.24, 2.45) is 0 Å². The third-order valence-electron chi connectivity index (χ3n) is 5.18. The lowest BCUT2D eigenvalue weighted by atomic mass is 10.1. The number of rotatable bonds is 6. The van der Waals surface area contributed by atoms with Gasteiger partial charge in [0.25, 0.3) is 11.7 Å². The van der Waals surface area contributed by atoms with Crippen LogP contribution in [0.5, 0.6) is 0 Å². The number of carbonyl (C=O) groups excluding carboxylic acids is 2. The number of ketones is 1. The van der Waals surface area contributed by atoms with Crippen molar-refractivity contribution in [3.8, 4) is 5.69 Å². The molecule has 7 nitrogen and oxygen atoms in total. The van der Waals surface area contributed by atoms with Gasteiger partial charge >= 0.3 is 0 Å². The van der Waals surface area contributed by atoms with Crippen molar-refractivity contribution < 1.29 is 9.59 Å². The van der Waals surface area contributed by atoms with E-state index in [-0.39, 0.29) is 6.54 Å². The van der Waals surface area contributed by atoms with Crippen molar-refractivity contribution in [2.45, 2.75) is 33.9 Å². The van der Waals surface area contributed by atoms with E-state index in [1.165, 1.54) is 0 Å². The van der Waals surface area contributed by atoms with E-state index in [1.54, 1.807) is 18.5 Å². The number of hydrogen-bond donors (Lipinski definition) is 1. The van der Waals surface area contributed by atoms with Crippen LogP contribution in [0.3, 0.4) is 0 Å². The lowest BCUT2D eigenvalue weighted by molar-refractivity contribution is -0.117. The fourth-order valence-electron chi connectivity index (χ4n) is 3.76. The summed E-state index contributed by atoms with van der Waals surface area (Å²) >= 11 is 0. The standard InChI is InChI=1S/C23H23N5O2/c1-4-27-19-13-9-8-12-18(19)25-20(27)14-24-23(30)22(29)21-15(2)26-28(16(21)3)17-10-6-5-7-11-17/h5-13H,4,14H2,1-3H3,(H,24,30). The van der Waals surface area contributed by atoms with Crippen LogP contribution < -0.4 is 5.32 Å². The van der Waals surface area contributed by atoms with Gasteiger partial charge < -0.3 is 9.88 Å². The molecule has 0 bridgehead atoms. The van der Waals surface area contributed by atoms with E-state index >= 15 is 0 Å². The third kappa shape index (κ3) is 3.39. The number of nitrogens with one attached hydrogen (secondary N) is 1. The zero-order chi connectivity index (χ0) is 21.3. The van der Waals surface area contributed by atoms with E-state index in [4.69, 9.17) is 0 Å². The number of imidazole rings is 1. The van der Waals surface area contributed by atoms with E-state index in [0.717, 1.165) is 23.3 Å². The molecule has 0 aliphatic carbocycles. The first-order valence-electron chi connectivity index (χ1n) is 9.89. The Morgan fingerprint density at radius 3 is 2.43 bits per heavy atom. The topological polar surface area (TPSA) is 81.8 Å². The summed E-state index contributed by atoms with van der Waals surface area (Å²) in [6.45, 7) is 6.46. The van der Waals surface area contributed by atoms with Crippen molar-refractivity contribution in [2.75, 3.05) is 0 Å². The SMILES string of the molecule is CCn1c(CNC(=O)C(=O)c2c(C)nn(-c3ccccc3)c2C)nc2ccccc21. The molecule has 2 aromatic heterocycles. The van der Waals surface area contributed by atoms with Gasteiger partial charge in [0, 0.05) is 6.54 Å². The molecule has 0 radical (unpaired) electrons. The summed E-state index contributed by atoms with van der Waals surface area (Å²) in [5.41, 5.74) is 4.21.